The zero-order valence-electron chi connectivity index (χ0n) is 13.6. The number of thioether (sulfide) groups is 1. The van der Waals surface area contributed by atoms with Gasteiger partial charge in [-0.05, 0) is 56.1 Å². The van der Waals surface area contributed by atoms with Gasteiger partial charge in [-0.3, -0.25) is 9.80 Å². The minimum absolute atomic E-state index is 0.0235. The lowest BCUT2D eigenvalue weighted by Crippen LogP contribution is -2.38. The second-order valence-electron chi connectivity index (χ2n) is 5.89. The summed E-state index contributed by atoms with van der Waals surface area (Å²) in [5, 5.41) is 18.6. The number of anilines is 1. The molecular formula is C16H20N4O4S. The molecule has 1 saturated heterocycles. The van der Waals surface area contributed by atoms with Gasteiger partial charge in [-0.15, -0.1) is 0 Å². The number of hydrazone groups is 1. The van der Waals surface area contributed by atoms with Crippen LogP contribution in [-0.2, 0) is 9.59 Å². The van der Waals surface area contributed by atoms with E-state index in [1.54, 1.807) is 24.3 Å². The van der Waals surface area contributed by atoms with Gasteiger partial charge in [0.05, 0.1) is 5.69 Å². The summed E-state index contributed by atoms with van der Waals surface area (Å²) in [7, 11) is 0. The molecular weight excluding hydrogens is 344 g/mol. The van der Waals surface area contributed by atoms with Crippen molar-refractivity contribution in [1.29, 1.82) is 0 Å². The number of carbonyl (C=O) groups excluding carboxylic acids is 1. The molecule has 0 aromatic heterocycles. The fraction of sp³-hybridized carbons (Fsp3) is 0.438. The second-order valence-corrected chi connectivity index (χ2v) is 6.99. The van der Waals surface area contributed by atoms with Crippen LogP contribution in [0.3, 0.4) is 0 Å². The Labute approximate surface area is 149 Å². The zero-order chi connectivity index (χ0) is 17.8. The van der Waals surface area contributed by atoms with E-state index >= 15 is 0 Å². The van der Waals surface area contributed by atoms with Gasteiger partial charge in [0.1, 0.15) is 11.1 Å². The average molecular weight is 364 g/mol. The number of hydrogen-bond donors (Lipinski definition) is 3. The van der Waals surface area contributed by atoms with E-state index in [0.717, 1.165) is 31.6 Å². The lowest BCUT2D eigenvalue weighted by Gasteiger charge is -2.32. The number of carbonyl (C=O) groups is 2. The van der Waals surface area contributed by atoms with Crippen molar-refractivity contribution >= 4 is 34.4 Å². The smallest absolute Gasteiger partial charge is 0.341 e. The number of aliphatic carboxylic acids is 1. The van der Waals surface area contributed by atoms with Crippen molar-refractivity contribution in [3.63, 3.8) is 0 Å². The normalized spacial score (nSPS) is 21.0. The highest BCUT2D eigenvalue weighted by atomic mass is 32.2. The van der Waals surface area contributed by atoms with Crippen LogP contribution >= 0.6 is 11.8 Å². The van der Waals surface area contributed by atoms with Crippen LogP contribution in [-0.4, -0.2) is 47.1 Å². The molecule has 2 aliphatic rings. The summed E-state index contributed by atoms with van der Waals surface area (Å²) in [5.41, 5.74) is 6.23. The quantitative estimate of drug-likeness (QED) is 0.684. The highest BCUT2D eigenvalue weighted by Crippen LogP contribution is 2.39. The number of rotatable bonds is 6. The molecule has 2 heterocycles. The monoisotopic (exact) mass is 364 g/mol. The van der Waals surface area contributed by atoms with E-state index in [2.05, 4.69) is 10.4 Å². The largest absolute Gasteiger partial charge is 0.482 e. The molecule has 1 aromatic rings. The van der Waals surface area contributed by atoms with Crippen LogP contribution in [0.2, 0.25) is 0 Å². The molecule has 0 aliphatic carbocycles. The Morgan fingerprint density at radius 1 is 1.32 bits per heavy atom. The molecule has 1 unspecified atom stereocenters. The van der Waals surface area contributed by atoms with E-state index < -0.39 is 11.9 Å². The maximum Gasteiger partial charge on any atom is 0.341 e. The highest BCUT2D eigenvalue weighted by molar-refractivity contribution is 8.16. The number of nitrogens with two attached hydrogens (primary N) is 1. The summed E-state index contributed by atoms with van der Waals surface area (Å²) in [6.07, 6.45) is 2.02. The van der Waals surface area contributed by atoms with Crippen molar-refractivity contribution in [2.45, 2.75) is 18.2 Å². The molecule has 1 fully saturated rings. The van der Waals surface area contributed by atoms with Crippen molar-refractivity contribution in [2.24, 2.45) is 16.8 Å². The number of carboxylic acid groups (broad SMARTS) is 1. The van der Waals surface area contributed by atoms with Crippen LogP contribution in [0.1, 0.15) is 12.8 Å². The van der Waals surface area contributed by atoms with Gasteiger partial charge in [0.2, 0.25) is 0 Å². The molecule has 134 valence electrons. The summed E-state index contributed by atoms with van der Waals surface area (Å²) in [6, 6.07) is 7.00. The van der Waals surface area contributed by atoms with Gasteiger partial charge in [-0.1, -0.05) is 11.8 Å². The van der Waals surface area contributed by atoms with Crippen LogP contribution in [0.15, 0.2) is 29.4 Å². The van der Waals surface area contributed by atoms with Crippen LogP contribution in [0.5, 0.6) is 5.75 Å². The SMILES string of the molecule is NC(=O)C1=NN(c2ccc(OCC(=O)O)cc2)C(C2CCNCC2)S1. The average Bonchev–Trinajstić information content (AvgIpc) is 3.07. The number of hydrogen-bond acceptors (Lipinski definition) is 7. The zero-order valence-corrected chi connectivity index (χ0v) is 14.4. The molecule has 2 aliphatic heterocycles. The minimum Gasteiger partial charge on any atom is -0.482 e. The van der Waals surface area contributed by atoms with E-state index in [1.165, 1.54) is 11.8 Å². The number of piperidine rings is 1. The number of primary amides is 1. The van der Waals surface area contributed by atoms with E-state index in [0.29, 0.717) is 16.7 Å². The number of carboxylic acids is 1. The first kappa shape index (κ1) is 17.6. The molecule has 9 heteroatoms. The van der Waals surface area contributed by atoms with E-state index in [4.69, 9.17) is 15.6 Å². The van der Waals surface area contributed by atoms with Crippen LogP contribution in [0.4, 0.5) is 5.69 Å². The van der Waals surface area contributed by atoms with Gasteiger partial charge in [-0.2, -0.15) is 5.10 Å². The first-order valence-electron chi connectivity index (χ1n) is 8.04. The van der Waals surface area contributed by atoms with Gasteiger partial charge >= 0.3 is 5.97 Å². The molecule has 8 nitrogen and oxygen atoms in total. The van der Waals surface area contributed by atoms with Gasteiger partial charge in [0.15, 0.2) is 11.7 Å². The Balaban J connectivity index is 1.78. The first-order chi connectivity index (χ1) is 12.0. The van der Waals surface area contributed by atoms with Crippen molar-refractivity contribution in [1.82, 2.24) is 5.32 Å². The molecule has 0 spiro atoms. The molecule has 3 rings (SSSR count). The predicted octanol–water partition coefficient (Wildman–Crippen LogP) is 0.828. The van der Waals surface area contributed by atoms with Gasteiger partial charge in [0.25, 0.3) is 5.91 Å². The Morgan fingerprint density at radius 3 is 2.60 bits per heavy atom. The Bertz CT molecular complexity index is 673. The van der Waals surface area contributed by atoms with Crippen LogP contribution in [0, 0.1) is 5.92 Å². The maximum atomic E-state index is 11.6. The number of benzene rings is 1. The van der Waals surface area contributed by atoms with E-state index in [1.807, 2.05) is 5.01 Å². The highest BCUT2D eigenvalue weighted by Gasteiger charge is 2.37. The third kappa shape index (κ3) is 4.23. The van der Waals surface area contributed by atoms with Crippen molar-refractivity contribution in [3.05, 3.63) is 24.3 Å². The lowest BCUT2D eigenvalue weighted by molar-refractivity contribution is -0.139. The third-order valence-electron chi connectivity index (χ3n) is 4.13. The number of amides is 1. The number of ether oxygens (including phenoxy) is 1. The summed E-state index contributed by atoms with van der Waals surface area (Å²) in [5.74, 6) is -0.681. The standard InChI is InChI=1S/C16H20N4O4S/c17-14(23)15-19-20(16(25-15)10-5-7-18-8-6-10)11-1-3-12(4-2-11)24-9-13(21)22/h1-4,10,16,18H,5-9H2,(H2,17,23)(H,21,22). The summed E-state index contributed by atoms with van der Waals surface area (Å²) in [6.45, 7) is 1.51. The first-order valence-corrected chi connectivity index (χ1v) is 8.92. The molecule has 1 atom stereocenters. The molecule has 0 saturated carbocycles. The second kappa shape index (κ2) is 7.75. The van der Waals surface area contributed by atoms with Crippen molar-refractivity contribution < 1.29 is 19.4 Å². The minimum atomic E-state index is -1.03. The Morgan fingerprint density at radius 2 is 2.00 bits per heavy atom. The fourth-order valence-electron chi connectivity index (χ4n) is 2.92. The number of nitrogens with one attached hydrogen (secondary N) is 1. The van der Waals surface area contributed by atoms with Gasteiger partial charge in [0, 0.05) is 0 Å². The van der Waals surface area contributed by atoms with Gasteiger partial charge in [-0.25, -0.2) is 4.79 Å². The summed E-state index contributed by atoms with van der Waals surface area (Å²) in [4.78, 5) is 22.1. The fourth-order valence-corrected chi connectivity index (χ4v) is 4.13. The Kier molecular flexibility index (Phi) is 5.44. The van der Waals surface area contributed by atoms with Crippen molar-refractivity contribution in [3.8, 4) is 5.75 Å². The lowest BCUT2D eigenvalue weighted by atomic mass is 9.97. The third-order valence-corrected chi connectivity index (χ3v) is 5.47. The molecule has 0 bridgehead atoms. The molecule has 0 radical (unpaired) electrons. The summed E-state index contributed by atoms with van der Waals surface area (Å²) >= 11 is 1.41. The summed E-state index contributed by atoms with van der Waals surface area (Å²) < 4.78 is 5.15. The molecule has 25 heavy (non-hydrogen) atoms. The number of nitrogens with zero attached hydrogens (tertiary/aromatic N) is 2. The van der Waals surface area contributed by atoms with Gasteiger partial charge < -0.3 is 20.9 Å². The molecule has 1 amide bonds. The predicted molar refractivity (Wildman–Crippen MR) is 95.7 cm³/mol. The molecule has 4 N–H and O–H groups in total. The maximum absolute atomic E-state index is 11.6. The van der Waals surface area contributed by atoms with Crippen molar-refractivity contribution in [2.75, 3.05) is 24.7 Å². The van der Waals surface area contributed by atoms with E-state index in [9.17, 15) is 9.59 Å². The van der Waals surface area contributed by atoms with Crippen LogP contribution < -0.4 is 20.8 Å². The van der Waals surface area contributed by atoms with Crippen LogP contribution in [0.25, 0.3) is 0 Å². The topological polar surface area (TPSA) is 117 Å². The van der Waals surface area contributed by atoms with E-state index in [-0.39, 0.29) is 12.0 Å². The molecule has 1 aromatic carbocycles. The Hall–Kier alpha value is -2.26.